The Kier molecular flexibility index (Phi) is 8.67. The van der Waals surface area contributed by atoms with Gasteiger partial charge in [-0.3, -0.25) is 0 Å². The second kappa shape index (κ2) is 10.3. The molecule has 0 heterocycles. The van der Waals surface area contributed by atoms with E-state index in [2.05, 4.69) is 34.1 Å². The molecular formula is C21H26AsBrClFO. The second-order valence-electron chi connectivity index (χ2n) is 7.03. The molecule has 0 saturated heterocycles. The first kappa shape index (κ1) is 22.0. The van der Waals surface area contributed by atoms with E-state index in [0.29, 0.717) is 0 Å². The third-order valence-corrected chi connectivity index (χ3v) is 8.55. The topological polar surface area (TPSA) is 20.2 Å². The van der Waals surface area contributed by atoms with Gasteiger partial charge < -0.3 is 0 Å². The van der Waals surface area contributed by atoms with E-state index in [0.717, 1.165) is 40.6 Å². The van der Waals surface area contributed by atoms with E-state index in [9.17, 15) is 9.50 Å². The second-order valence-corrected chi connectivity index (χ2v) is 10.6. The van der Waals surface area contributed by atoms with Gasteiger partial charge in [-0.25, -0.2) is 0 Å². The summed E-state index contributed by atoms with van der Waals surface area (Å²) in [5.74, 6) is 0.0398. The number of aliphatic hydroxyl groups is 1. The zero-order valence-corrected chi connectivity index (χ0v) is 19.3. The van der Waals surface area contributed by atoms with Crippen molar-refractivity contribution in [2.24, 2.45) is 0 Å². The van der Waals surface area contributed by atoms with E-state index in [-0.39, 0.29) is 39.9 Å². The van der Waals surface area contributed by atoms with Gasteiger partial charge in [-0.15, -0.1) is 12.4 Å². The molecule has 0 radical (unpaired) electrons. The molecule has 1 aliphatic carbocycles. The van der Waals surface area contributed by atoms with Gasteiger partial charge in [0.2, 0.25) is 0 Å². The molecule has 1 fully saturated rings. The van der Waals surface area contributed by atoms with Crippen LogP contribution in [0, 0.1) is 5.82 Å². The average Bonchev–Trinajstić information content (AvgIpc) is 2.61. The fraction of sp³-hybridized carbons (Fsp3) is 0.429. The van der Waals surface area contributed by atoms with Crippen LogP contribution in [0.2, 0.25) is 5.21 Å². The Bertz CT molecular complexity index is 689. The van der Waals surface area contributed by atoms with Gasteiger partial charge in [0.15, 0.2) is 0 Å². The first-order valence-electron chi connectivity index (χ1n) is 9.00. The molecule has 26 heavy (non-hydrogen) atoms. The number of hydrogen-bond donors (Lipinski definition) is 1. The van der Waals surface area contributed by atoms with E-state index >= 15 is 0 Å². The molecule has 0 aromatic heterocycles. The van der Waals surface area contributed by atoms with Crippen LogP contribution in [-0.4, -0.2) is 26.5 Å². The normalized spacial score (nSPS) is 17.8. The van der Waals surface area contributed by atoms with Crippen molar-refractivity contribution in [1.29, 1.82) is 0 Å². The molecule has 0 amide bonds. The molecule has 1 N–H and O–H groups in total. The number of hydrogen-bond acceptors (Lipinski definition) is 1. The molecule has 1 saturated carbocycles. The van der Waals surface area contributed by atoms with Gasteiger partial charge in [-0.05, 0) is 0 Å². The van der Waals surface area contributed by atoms with Crippen molar-refractivity contribution in [1.82, 2.24) is 0 Å². The standard InChI is InChI=1S/C21H25AsBrFO.ClH/c23-18-6-4-5-17(13-18)20(21(25)11-2-1-3-12-21)15-22-14-16-7-9-19(24)10-8-16;/h4-10,13,20,22,25H,1-3,11-12,14-15H2;1H. The third kappa shape index (κ3) is 5.83. The third-order valence-electron chi connectivity index (χ3n) is 5.21. The molecule has 142 valence electrons. The molecule has 3 rings (SSSR count). The molecule has 2 unspecified atom stereocenters. The van der Waals surface area contributed by atoms with Gasteiger partial charge >= 0.3 is 165 Å². The van der Waals surface area contributed by atoms with Crippen LogP contribution in [0.3, 0.4) is 0 Å². The van der Waals surface area contributed by atoms with E-state index in [1.54, 1.807) is 12.1 Å². The fourth-order valence-electron chi connectivity index (χ4n) is 3.82. The molecule has 2 aromatic rings. The summed E-state index contributed by atoms with van der Waals surface area (Å²) in [6, 6.07) is 15.3. The van der Waals surface area contributed by atoms with Crippen LogP contribution < -0.4 is 0 Å². The quantitative estimate of drug-likeness (QED) is 0.491. The van der Waals surface area contributed by atoms with Crippen LogP contribution in [-0.2, 0) is 5.21 Å². The van der Waals surface area contributed by atoms with Crippen molar-refractivity contribution in [3.63, 3.8) is 0 Å². The van der Waals surface area contributed by atoms with Crippen molar-refractivity contribution in [3.8, 4) is 0 Å². The Balaban J connectivity index is 0.00000243. The summed E-state index contributed by atoms with van der Waals surface area (Å²) in [7, 11) is 0. The Morgan fingerprint density at radius 2 is 1.77 bits per heavy atom. The van der Waals surface area contributed by atoms with Crippen molar-refractivity contribution in [2.75, 3.05) is 0 Å². The van der Waals surface area contributed by atoms with E-state index < -0.39 is 5.60 Å². The molecule has 0 spiro atoms. The van der Waals surface area contributed by atoms with Gasteiger partial charge in [0, 0.05) is 0 Å². The van der Waals surface area contributed by atoms with Crippen LogP contribution in [0.5, 0.6) is 0 Å². The van der Waals surface area contributed by atoms with Gasteiger partial charge in [0.05, 0.1) is 0 Å². The van der Waals surface area contributed by atoms with Crippen molar-refractivity contribution >= 4 is 44.1 Å². The molecule has 5 heteroatoms. The first-order chi connectivity index (χ1) is 12.1. The summed E-state index contributed by atoms with van der Waals surface area (Å²) in [6.07, 6.45) is 5.30. The molecule has 1 nitrogen and oxygen atoms in total. The summed E-state index contributed by atoms with van der Waals surface area (Å²) in [4.78, 5) is 0. The zero-order chi connectivity index (χ0) is 17.7. The van der Waals surface area contributed by atoms with E-state index in [1.807, 2.05) is 18.2 Å². The van der Waals surface area contributed by atoms with Crippen molar-refractivity contribution in [2.45, 2.75) is 54.0 Å². The van der Waals surface area contributed by atoms with Gasteiger partial charge in [-0.2, -0.15) is 0 Å². The monoisotopic (exact) mass is 502 g/mol. The van der Waals surface area contributed by atoms with Gasteiger partial charge in [0.25, 0.3) is 0 Å². The van der Waals surface area contributed by atoms with Gasteiger partial charge in [0.1, 0.15) is 0 Å². The first-order valence-corrected chi connectivity index (χ1v) is 12.8. The Morgan fingerprint density at radius 3 is 2.42 bits per heavy atom. The van der Waals surface area contributed by atoms with Crippen LogP contribution in [0.4, 0.5) is 4.39 Å². The van der Waals surface area contributed by atoms with Crippen molar-refractivity contribution in [3.05, 3.63) is 69.9 Å². The zero-order valence-electron chi connectivity index (χ0n) is 14.8. The average molecular weight is 504 g/mol. The van der Waals surface area contributed by atoms with Crippen molar-refractivity contribution < 1.29 is 9.50 Å². The predicted molar refractivity (Wildman–Crippen MR) is 114 cm³/mol. The van der Waals surface area contributed by atoms with Crippen LogP contribution in [0.25, 0.3) is 0 Å². The van der Waals surface area contributed by atoms with Crippen LogP contribution in [0.1, 0.15) is 49.1 Å². The molecule has 2 atom stereocenters. The predicted octanol–water partition coefficient (Wildman–Crippen LogP) is 5.84. The van der Waals surface area contributed by atoms with Crippen LogP contribution >= 0.6 is 28.3 Å². The molecule has 1 aliphatic rings. The minimum atomic E-state index is -0.564. The Morgan fingerprint density at radius 1 is 1.08 bits per heavy atom. The molecule has 2 aromatic carbocycles. The summed E-state index contributed by atoms with van der Waals surface area (Å²) < 4.78 is 14.1. The van der Waals surface area contributed by atoms with Gasteiger partial charge in [-0.1, -0.05) is 0 Å². The van der Waals surface area contributed by atoms with E-state index in [1.165, 1.54) is 17.5 Å². The van der Waals surface area contributed by atoms with E-state index in [4.69, 9.17) is 0 Å². The molecule has 0 bridgehead atoms. The molecule has 0 aliphatic heterocycles. The molecular weight excluding hydrogens is 478 g/mol. The Labute approximate surface area is 177 Å². The van der Waals surface area contributed by atoms with Crippen LogP contribution in [0.15, 0.2) is 53.0 Å². The number of halogens is 3. The summed E-state index contributed by atoms with van der Waals surface area (Å²) in [6.45, 7) is 0. The minimum absolute atomic E-state index is 0. The Hall–Kier alpha value is -0.342. The maximum absolute atomic E-state index is 13.1. The number of rotatable bonds is 6. The summed E-state index contributed by atoms with van der Waals surface area (Å²) in [5, 5.41) is 13.5. The number of benzene rings is 2. The summed E-state index contributed by atoms with van der Waals surface area (Å²) >= 11 is 3.33. The summed E-state index contributed by atoms with van der Waals surface area (Å²) in [5.41, 5.74) is 1.90. The SMILES string of the molecule is Cl.OC1(C(C[AsH]Cc2ccc(F)cc2)c2cccc(Br)c2)CCCCC1. The maximum atomic E-state index is 13.1. The fourth-order valence-corrected chi connectivity index (χ4v) is 7.53.